The molecule has 0 bridgehead atoms. The van der Waals surface area contributed by atoms with Crippen molar-refractivity contribution in [2.24, 2.45) is 10.9 Å². The number of para-hydroxylation sites is 2. The van der Waals surface area contributed by atoms with E-state index in [0.29, 0.717) is 18.3 Å². The molecule has 26 heavy (non-hydrogen) atoms. The van der Waals surface area contributed by atoms with Crippen molar-refractivity contribution in [3.63, 3.8) is 0 Å². The lowest BCUT2D eigenvalue weighted by atomic mass is 9.90. The van der Waals surface area contributed by atoms with Gasteiger partial charge in [-0.25, -0.2) is 0 Å². The molecule has 1 aromatic rings. The van der Waals surface area contributed by atoms with Gasteiger partial charge in [0.05, 0.1) is 18.5 Å². The van der Waals surface area contributed by atoms with Crippen LogP contribution in [-0.4, -0.2) is 42.8 Å². The van der Waals surface area contributed by atoms with Crippen LogP contribution in [0.25, 0.3) is 0 Å². The number of nitrogens with two attached hydrogens (primary N) is 1. The van der Waals surface area contributed by atoms with E-state index >= 15 is 0 Å². The Bertz CT molecular complexity index is 636. The Hall–Kier alpha value is -1.88. The van der Waals surface area contributed by atoms with E-state index in [1.807, 2.05) is 24.3 Å². The van der Waals surface area contributed by atoms with Crippen LogP contribution >= 0.6 is 0 Å². The van der Waals surface area contributed by atoms with Gasteiger partial charge < -0.3 is 10.5 Å². The lowest BCUT2D eigenvalue weighted by molar-refractivity contribution is -0.144. The number of anilines is 1. The molecule has 1 saturated heterocycles. The Kier molecular flexibility index (Phi) is 6.67. The first-order valence-electron chi connectivity index (χ1n) is 9.93. The van der Waals surface area contributed by atoms with E-state index in [4.69, 9.17) is 15.5 Å². The van der Waals surface area contributed by atoms with Crippen molar-refractivity contribution in [3.05, 3.63) is 24.3 Å². The molecule has 0 spiro atoms. The first kappa shape index (κ1) is 18.9. The highest BCUT2D eigenvalue weighted by Crippen LogP contribution is 2.28. The summed E-state index contributed by atoms with van der Waals surface area (Å²) >= 11 is 0. The first-order valence-corrected chi connectivity index (χ1v) is 9.93. The minimum absolute atomic E-state index is 0.186. The third-order valence-corrected chi connectivity index (χ3v) is 5.75. The minimum Gasteiger partial charge on any atom is -0.468 e. The van der Waals surface area contributed by atoms with Crippen LogP contribution in [0.4, 0.5) is 11.4 Å². The van der Waals surface area contributed by atoms with Crippen LogP contribution in [0.3, 0.4) is 0 Å². The number of aliphatic imine (C=N–C) groups is 1. The van der Waals surface area contributed by atoms with Crippen LogP contribution in [0.1, 0.15) is 51.4 Å². The van der Waals surface area contributed by atoms with Gasteiger partial charge in [-0.2, -0.15) is 0 Å². The van der Waals surface area contributed by atoms with Crippen LogP contribution < -0.4 is 5.73 Å². The van der Waals surface area contributed by atoms with E-state index in [0.717, 1.165) is 24.4 Å². The molecule has 1 unspecified atom stereocenters. The molecule has 1 heterocycles. The molecular weight excluding hydrogens is 326 g/mol. The van der Waals surface area contributed by atoms with Crippen molar-refractivity contribution in [1.82, 2.24) is 4.90 Å². The van der Waals surface area contributed by atoms with Crippen molar-refractivity contribution >= 4 is 23.1 Å². The number of carbonyl (C=O) groups excluding carboxylic acids is 1. The SMILES string of the molecule is COC(=O)C1CN(C2CCCCCCC2)CCC1=Nc1ccccc1N. The van der Waals surface area contributed by atoms with Crippen molar-refractivity contribution in [1.29, 1.82) is 0 Å². The monoisotopic (exact) mass is 357 g/mol. The van der Waals surface area contributed by atoms with Crippen molar-refractivity contribution in [2.45, 2.75) is 57.4 Å². The molecule has 1 aliphatic carbocycles. The van der Waals surface area contributed by atoms with Gasteiger partial charge >= 0.3 is 5.97 Å². The lowest BCUT2D eigenvalue weighted by Gasteiger charge is -2.39. The maximum atomic E-state index is 12.4. The highest BCUT2D eigenvalue weighted by molar-refractivity contribution is 6.04. The average Bonchev–Trinajstić information content (AvgIpc) is 2.63. The second-order valence-corrected chi connectivity index (χ2v) is 7.48. The molecule has 142 valence electrons. The quantitative estimate of drug-likeness (QED) is 0.657. The van der Waals surface area contributed by atoms with Gasteiger partial charge in [-0.05, 0) is 31.4 Å². The molecule has 1 saturated carbocycles. The predicted molar refractivity (Wildman–Crippen MR) is 106 cm³/mol. The zero-order valence-electron chi connectivity index (χ0n) is 15.8. The zero-order chi connectivity index (χ0) is 18.4. The summed E-state index contributed by atoms with van der Waals surface area (Å²) < 4.78 is 5.09. The van der Waals surface area contributed by atoms with E-state index in [9.17, 15) is 4.79 Å². The molecular formula is C21H31N3O2. The van der Waals surface area contributed by atoms with Gasteiger partial charge in [0.2, 0.25) is 0 Å². The van der Waals surface area contributed by atoms with Gasteiger partial charge in [-0.1, -0.05) is 44.2 Å². The summed E-state index contributed by atoms with van der Waals surface area (Å²) in [6.07, 6.45) is 9.92. The van der Waals surface area contributed by atoms with E-state index in [1.54, 1.807) is 0 Å². The standard InChI is InChI=1S/C21H31N3O2/c1-26-21(25)17-15-24(16-9-5-3-2-4-6-10-16)14-13-19(17)23-20-12-8-7-11-18(20)22/h7-8,11-12,16-17H,2-6,9-10,13-15,22H2,1H3. The summed E-state index contributed by atoms with van der Waals surface area (Å²) in [6.45, 7) is 1.67. The second kappa shape index (κ2) is 9.17. The highest BCUT2D eigenvalue weighted by Gasteiger charge is 2.34. The molecule has 2 aliphatic rings. The number of esters is 1. The van der Waals surface area contributed by atoms with Crippen LogP contribution in [0.15, 0.2) is 29.3 Å². The Morgan fingerprint density at radius 2 is 1.85 bits per heavy atom. The molecule has 1 aliphatic heterocycles. The van der Waals surface area contributed by atoms with Crippen molar-refractivity contribution in [3.8, 4) is 0 Å². The maximum absolute atomic E-state index is 12.4. The number of ether oxygens (including phenoxy) is 1. The van der Waals surface area contributed by atoms with E-state index in [2.05, 4.69) is 4.90 Å². The Morgan fingerprint density at radius 3 is 2.54 bits per heavy atom. The summed E-state index contributed by atoms with van der Waals surface area (Å²) in [7, 11) is 1.46. The Balaban J connectivity index is 1.77. The fourth-order valence-electron chi connectivity index (χ4n) is 4.23. The maximum Gasteiger partial charge on any atom is 0.315 e. The van der Waals surface area contributed by atoms with Crippen LogP contribution in [0.5, 0.6) is 0 Å². The molecule has 0 amide bonds. The first-order chi connectivity index (χ1) is 12.7. The van der Waals surface area contributed by atoms with Crippen molar-refractivity contribution in [2.75, 3.05) is 25.9 Å². The fraction of sp³-hybridized carbons (Fsp3) is 0.619. The Morgan fingerprint density at radius 1 is 1.15 bits per heavy atom. The predicted octanol–water partition coefficient (Wildman–Crippen LogP) is 3.95. The van der Waals surface area contributed by atoms with E-state index < -0.39 is 0 Å². The van der Waals surface area contributed by atoms with E-state index in [1.165, 1.54) is 52.1 Å². The largest absolute Gasteiger partial charge is 0.468 e. The van der Waals surface area contributed by atoms with Gasteiger partial charge in [0, 0.05) is 24.8 Å². The topological polar surface area (TPSA) is 67.9 Å². The number of piperidine rings is 1. The number of nitrogens with zero attached hydrogens (tertiary/aromatic N) is 2. The van der Waals surface area contributed by atoms with Gasteiger partial charge in [-0.15, -0.1) is 0 Å². The van der Waals surface area contributed by atoms with Crippen LogP contribution in [0, 0.1) is 5.92 Å². The number of hydrogen-bond acceptors (Lipinski definition) is 5. The summed E-state index contributed by atoms with van der Waals surface area (Å²) in [5.74, 6) is -0.479. The number of nitrogen functional groups attached to an aromatic ring is 1. The normalized spacial score (nSPS) is 24.8. The smallest absolute Gasteiger partial charge is 0.315 e. The van der Waals surface area contributed by atoms with Crippen LogP contribution in [0.2, 0.25) is 0 Å². The lowest BCUT2D eigenvalue weighted by Crippen LogP contribution is -2.49. The van der Waals surface area contributed by atoms with Gasteiger partial charge in [0.25, 0.3) is 0 Å². The summed E-state index contributed by atoms with van der Waals surface area (Å²) in [5.41, 5.74) is 8.32. The number of carbonyl (C=O) groups is 1. The molecule has 1 atom stereocenters. The average molecular weight is 357 g/mol. The summed E-state index contributed by atoms with van der Waals surface area (Å²) in [5, 5.41) is 0. The number of benzene rings is 1. The number of methoxy groups -OCH3 is 1. The van der Waals surface area contributed by atoms with Crippen molar-refractivity contribution < 1.29 is 9.53 Å². The molecule has 0 radical (unpaired) electrons. The summed E-state index contributed by atoms with van der Waals surface area (Å²) in [4.78, 5) is 19.7. The van der Waals surface area contributed by atoms with Gasteiger partial charge in [0.15, 0.2) is 0 Å². The van der Waals surface area contributed by atoms with E-state index in [-0.39, 0.29) is 11.9 Å². The summed E-state index contributed by atoms with van der Waals surface area (Å²) in [6, 6.07) is 8.15. The van der Waals surface area contributed by atoms with Gasteiger partial charge in [0.1, 0.15) is 5.92 Å². The molecule has 5 heteroatoms. The molecule has 0 aromatic heterocycles. The fourth-order valence-corrected chi connectivity index (χ4v) is 4.23. The molecule has 2 N–H and O–H groups in total. The number of hydrogen-bond donors (Lipinski definition) is 1. The van der Waals surface area contributed by atoms with Crippen LogP contribution in [-0.2, 0) is 9.53 Å². The minimum atomic E-state index is -0.293. The molecule has 2 fully saturated rings. The second-order valence-electron chi connectivity index (χ2n) is 7.48. The zero-order valence-corrected chi connectivity index (χ0v) is 15.8. The molecule has 3 rings (SSSR count). The van der Waals surface area contributed by atoms with Gasteiger partial charge in [-0.3, -0.25) is 14.7 Å². The Labute approximate surface area is 156 Å². The molecule has 1 aromatic carbocycles. The number of rotatable bonds is 3. The molecule has 5 nitrogen and oxygen atoms in total. The number of likely N-dealkylation sites (tertiary alicyclic amines) is 1. The third-order valence-electron chi connectivity index (χ3n) is 5.75. The third kappa shape index (κ3) is 4.64. The highest BCUT2D eigenvalue weighted by atomic mass is 16.5.